The average Bonchev–Trinajstić information content (AvgIpc) is 3.11. The molecule has 10 heteroatoms. The minimum atomic E-state index is -1.27. The number of nitrogens with zero attached hydrogens (tertiary/aromatic N) is 4. The van der Waals surface area contributed by atoms with E-state index in [4.69, 9.17) is 25.3 Å². The van der Waals surface area contributed by atoms with Crippen molar-refractivity contribution in [2.24, 2.45) is 5.73 Å². The highest BCUT2D eigenvalue weighted by Crippen LogP contribution is 2.27. The number of hydrogen-bond donors (Lipinski definition) is 3. The predicted molar refractivity (Wildman–Crippen MR) is 96.8 cm³/mol. The van der Waals surface area contributed by atoms with Crippen LogP contribution in [-0.2, 0) is 13.0 Å². The first kappa shape index (κ1) is 20.2. The van der Waals surface area contributed by atoms with Crippen LogP contribution in [0.25, 0.3) is 0 Å². The second kappa shape index (κ2) is 10.1. The van der Waals surface area contributed by atoms with Gasteiger partial charge in [-0.15, -0.1) is 5.10 Å². The average molecular weight is 363 g/mol. The Kier molecular flexibility index (Phi) is 7.83. The molecular weight excluding hydrogens is 337 g/mol. The van der Waals surface area contributed by atoms with E-state index in [9.17, 15) is 0 Å². The van der Waals surface area contributed by atoms with Crippen LogP contribution >= 0.6 is 0 Å². The number of rotatable bonds is 11. The van der Waals surface area contributed by atoms with Crippen LogP contribution in [0.5, 0.6) is 11.5 Å². The minimum absolute atomic E-state index is 0.286. The summed E-state index contributed by atoms with van der Waals surface area (Å²) in [5.74, 6) is 2.01. The number of nitrogens with two attached hydrogens (primary N) is 1. The molecule has 4 N–H and O–H groups in total. The number of tetrazole rings is 1. The molecule has 0 amide bonds. The van der Waals surface area contributed by atoms with Gasteiger partial charge in [-0.1, -0.05) is 18.9 Å². The van der Waals surface area contributed by atoms with Crippen LogP contribution in [0.15, 0.2) is 18.2 Å². The third kappa shape index (κ3) is 5.68. The van der Waals surface area contributed by atoms with Crippen LogP contribution < -0.4 is 15.2 Å². The lowest BCUT2D eigenvalue weighted by Crippen LogP contribution is -2.19. The molecule has 0 aliphatic rings. The normalized spacial score (nSPS) is 12.0. The molecule has 0 radical (unpaired) electrons. The lowest BCUT2D eigenvalue weighted by Gasteiger charge is -2.12. The Balaban J connectivity index is 1.92. The fraction of sp³-hybridized carbons (Fsp3) is 0.562. The van der Waals surface area contributed by atoms with Gasteiger partial charge in [-0.2, -0.15) is 0 Å². The lowest BCUT2D eigenvalue weighted by atomic mass is 9.83. The number of methoxy groups -OCH3 is 2. The van der Waals surface area contributed by atoms with Crippen LogP contribution in [-0.4, -0.2) is 51.6 Å². The summed E-state index contributed by atoms with van der Waals surface area (Å²) in [6.07, 6.45) is 3.22. The molecule has 0 fully saturated rings. The minimum Gasteiger partial charge on any atom is -0.493 e. The zero-order chi connectivity index (χ0) is 18.9. The lowest BCUT2D eigenvalue weighted by molar-refractivity contribution is 0.354. The maximum Gasteiger partial charge on any atom is 0.451 e. The van der Waals surface area contributed by atoms with Gasteiger partial charge in [-0.25, -0.2) is 4.68 Å². The van der Waals surface area contributed by atoms with E-state index in [0.717, 1.165) is 18.4 Å². The standard InChI is InChI=1S/C16H26BN5O4/c1-25-14-7-6-12(11-15(14)26-2)8-10-22-16(19-20-21-22)13(18)5-3-4-9-17(23)24/h6-7,11,13,23-24H,3-5,8-10,18H2,1-2H3. The van der Waals surface area contributed by atoms with Crippen molar-refractivity contribution in [3.8, 4) is 11.5 Å². The molecule has 0 aliphatic heterocycles. The molecule has 1 aromatic carbocycles. The number of ether oxygens (including phenoxy) is 2. The van der Waals surface area contributed by atoms with E-state index in [1.807, 2.05) is 18.2 Å². The second-order valence-electron chi connectivity index (χ2n) is 6.07. The van der Waals surface area contributed by atoms with E-state index >= 15 is 0 Å². The maximum absolute atomic E-state index is 8.87. The van der Waals surface area contributed by atoms with Crippen molar-refractivity contribution in [3.63, 3.8) is 0 Å². The molecule has 142 valence electrons. The van der Waals surface area contributed by atoms with Crippen LogP contribution in [0.3, 0.4) is 0 Å². The van der Waals surface area contributed by atoms with E-state index in [2.05, 4.69) is 15.5 Å². The highest BCUT2D eigenvalue weighted by Gasteiger charge is 2.16. The Bertz CT molecular complexity index is 682. The first-order valence-electron chi connectivity index (χ1n) is 8.63. The van der Waals surface area contributed by atoms with E-state index in [0.29, 0.717) is 43.0 Å². The molecule has 0 bridgehead atoms. The number of aryl methyl sites for hydroxylation is 2. The van der Waals surface area contributed by atoms with Gasteiger partial charge in [0.2, 0.25) is 0 Å². The smallest absolute Gasteiger partial charge is 0.451 e. The first-order chi connectivity index (χ1) is 12.5. The van der Waals surface area contributed by atoms with Crippen molar-refractivity contribution >= 4 is 7.12 Å². The summed E-state index contributed by atoms with van der Waals surface area (Å²) in [5, 5.41) is 29.5. The molecule has 9 nitrogen and oxygen atoms in total. The van der Waals surface area contributed by atoms with E-state index < -0.39 is 7.12 Å². The van der Waals surface area contributed by atoms with Crippen molar-refractivity contribution in [2.75, 3.05) is 14.2 Å². The van der Waals surface area contributed by atoms with Gasteiger partial charge >= 0.3 is 7.12 Å². The number of aromatic nitrogens is 4. The third-order valence-corrected chi connectivity index (χ3v) is 4.18. The molecule has 0 saturated carbocycles. The molecule has 2 rings (SSSR count). The molecule has 1 atom stereocenters. The van der Waals surface area contributed by atoms with E-state index in [-0.39, 0.29) is 6.04 Å². The second-order valence-corrected chi connectivity index (χ2v) is 6.07. The number of hydrogen-bond acceptors (Lipinski definition) is 8. The van der Waals surface area contributed by atoms with Gasteiger partial charge in [0.05, 0.1) is 20.3 Å². The summed E-state index contributed by atoms with van der Waals surface area (Å²) >= 11 is 0. The Morgan fingerprint density at radius 2 is 1.96 bits per heavy atom. The van der Waals surface area contributed by atoms with Crippen LogP contribution in [0.2, 0.25) is 6.32 Å². The van der Waals surface area contributed by atoms with Gasteiger partial charge in [0.15, 0.2) is 17.3 Å². The van der Waals surface area contributed by atoms with E-state index in [1.54, 1.807) is 18.9 Å². The Morgan fingerprint density at radius 3 is 2.65 bits per heavy atom. The zero-order valence-electron chi connectivity index (χ0n) is 15.2. The zero-order valence-corrected chi connectivity index (χ0v) is 15.2. The third-order valence-electron chi connectivity index (χ3n) is 4.18. The summed E-state index contributed by atoms with van der Waals surface area (Å²) in [6.45, 7) is 0.598. The summed E-state index contributed by atoms with van der Waals surface area (Å²) in [6, 6.07) is 5.50. The van der Waals surface area contributed by atoms with Crippen molar-refractivity contribution in [2.45, 2.75) is 44.6 Å². The molecule has 0 spiro atoms. The van der Waals surface area contributed by atoms with Gasteiger partial charge in [0.25, 0.3) is 0 Å². The van der Waals surface area contributed by atoms with Gasteiger partial charge in [-0.3, -0.25) is 0 Å². The van der Waals surface area contributed by atoms with Gasteiger partial charge in [-0.05, 0) is 47.3 Å². The highest BCUT2D eigenvalue weighted by atomic mass is 16.5. The maximum atomic E-state index is 8.87. The van der Waals surface area contributed by atoms with Crippen molar-refractivity contribution in [3.05, 3.63) is 29.6 Å². The fourth-order valence-corrected chi connectivity index (χ4v) is 2.73. The van der Waals surface area contributed by atoms with Crippen molar-refractivity contribution in [1.29, 1.82) is 0 Å². The summed E-state index contributed by atoms with van der Waals surface area (Å²) in [4.78, 5) is 0. The van der Waals surface area contributed by atoms with Crippen LogP contribution in [0.4, 0.5) is 0 Å². The van der Waals surface area contributed by atoms with E-state index in [1.165, 1.54) is 0 Å². The Morgan fingerprint density at radius 1 is 1.19 bits per heavy atom. The molecule has 1 unspecified atom stereocenters. The summed E-state index contributed by atoms with van der Waals surface area (Å²) in [7, 11) is 1.95. The summed E-state index contributed by atoms with van der Waals surface area (Å²) < 4.78 is 12.3. The van der Waals surface area contributed by atoms with Gasteiger partial charge < -0.3 is 25.3 Å². The molecule has 1 aromatic heterocycles. The molecular formula is C16H26BN5O4. The summed E-state index contributed by atoms with van der Waals surface area (Å²) in [5.41, 5.74) is 7.26. The van der Waals surface area contributed by atoms with Gasteiger partial charge in [0, 0.05) is 6.54 Å². The molecule has 1 heterocycles. The monoisotopic (exact) mass is 363 g/mol. The molecule has 0 saturated heterocycles. The Labute approximate surface area is 153 Å². The number of benzene rings is 1. The topological polar surface area (TPSA) is 129 Å². The number of unbranched alkanes of at least 4 members (excludes halogenated alkanes) is 1. The largest absolute Gasteiger partial charge is 0.493 e. The van der Waals surface area contributed by atoms with Crippen molar-refractivity contribution in [1.82, 2.24) is 20.2 Å². The Hall–Kier alpha value is -2.17. The highest BCUT2D eigenvalue weighted by molar-refractivity contribution is 6.40. The first-order valence-corrected chi connectivity index (χ1v) is 8.63. The van der Waals surface area contributed by atoms with Crippen molar-refractivity contribution < 1.29 is 19.5 Å². The molecule has 0 aliphatic carbocycles. The SMILES string of the molecule is COc1ccc(CCn2nnnc2C(N)CCCCB(O)O)cc1OC. The van der Waals surface area contributed by atoms with Crippen LogP contribution in [0, 0.1) is 0 Å². The fourth-order valence-electron chi connectivity index (χ4n) is 2.73. The van der Waals surface area contributed by atoms with Gasteiger partial charge in [0.1, 0.15) is 0 Å². The molecule has 2 aromatic rings. The van der Waals surface area contributed by atoms with Crippen LogP contribution in [0.1, 0.15) is 36.7 Å². The predicted octanol–water partition coefficient (Wildman–Crippen LogP) is 0.576. The molecule has 26 heavy (non-hydrogen) atoms. The quantitative estimate of drug-likeness (QED) is 0.391.